The van der Waals surface area contributed by atoms with Crippen LogP contribution in [0.25, 0.3) is 0 Å². The maximum Gasteiger partial charge on any atom is 0.228 e. The lowest BCUT2D eigenvalue weighted by Gasteiger charge is -2.07. The van der Waals surface area contributed by atoms with E-state index in [2.05, 4.69) is 10.7 Å². The number of carbonyl (C=O) groups excluding carboxylic acids is 1. The van der Waals surface area contributed by atoms with E-state index in [-0.39, 0.29) is 23.5 Å². The average molecular weight is 183 g/mol. The highest BCUT2D eigenvalue weighted by Gasteiger charge is 2.29. The molecular formula is C7H13N5O. The van der Waals surface area contributed by atoms with E-state index in [9.17, 15) is 4.79 Å². The molecule has 0 heterocycles. The molecule has 0 unspecified atom stereocenters. The molecule has 6 nitrogen and oxygen atoms in total. The molecule has 0 aliphatic heterocycles. The van der Waals surface area contributed by atoms with Crippen molar-refractivity contribution in [1.82, 2.24) is 10.7 Å². The van der Waals surface area contributed by atoms with Crippen LogP contribution in [0.5, 0.6) is 0 Å². The van der Waals surface area contributed by atoms with Gasteiger partial charge >= 0.3 is 0 Å². The minimum atomic E-state index is -0.163. The van der Waals surface area contributed by atoms with Crippen molar-refractivity contribution in [3.05, 3.63) is 11.9 Å². The number of nitrogens with two attached hydrogens (primary N) is 2. The molecule has 1 fully saturated rings. The molecule has 72 valence electrons. The van der Waals surface area contributed by atoms with Crippen molar-refractivity contribution in [2.45, 2.75) is 12.8 Å². The van der Waals surface area contributed by atoms with E-state index < -0.39 is 0 Å². The maximum atomic E-state index is 11.2. The summed E-state index contributed by atoms with van der Waals surface area (Å²) in [6, 6.07) is 0. The lowest BCUT2D eigenvalue weighted by atomic mass is 10.4. The third-order valence-corrected chi connectivity index (χ3v) is 1.66. The van der Waals surface area contributed by atoms with Crippen LogP contribution in [0.4, 0.5) is 0 Å². The summed E-state index contributed by atoms with van der Waals surface area (Å²) in [6.45, 7) is 0. The van der Waals surface area contributed by atoms with E-state index in [0.717, 1.165) is 12.8 Å². The molecule has 1 aliphatic carbocycles. The summed E-state index contributed by atoms with van der Waals surface area (Å²) in [6.07, 6.45) is 3.09. The summed E-state index contributed by atoms with van der Waals surface area (Å²) in [4.78, 5) is 11.2. The van der Waals surface area contributed by atoms with Crippen molar-refractivity contribution in [1.29, 1.82) is 5.41 Å². The predicted octanol–water partition coefficient (Wildman–Crippen LogP) is -1.25. The Balaban J connectivity index is 2.47. The zero-order valence-corrected chi connectivity index (χ0v) is 7.13. The fraction of sp³-hybridized carbons (Fsp3) is 0.429. The molecule has 0 atom stereocenters. The number of hydrazine groups is 1. The number of hydrogen-bond acceptors (Lipinski definition) is 4. The fourth-order valence-electron chi connectivity index (χ4n) is 0.850. The Bertz CT molecular complexity index is 256. The SMILES string of the molecule is N=C(N)/C=C(\NN)NC(=O)C1CC1. The summed E-state index contributed by atoms with van der Waals surface area (Å²) in [5.41, 5.74) is 7.35. The van der Waals surface area contributed by atoms with Crippen LogP contribution in [0.3, 0.4) is 0 Å². The molecule has 0 saturated heterocycles. The minimum absolute atomic E-state index is 0.0783. The second-order valence-electron chi connectivity index (χ2n) is 2.92. The standard InChI is InChI=1S/C7H13N5O/c8-5(9)3-6(12-10)11-7(13)4-1-2-4/h3-4,12H,1-2,10H2,(H3,8,9)(H,11,13)/b6-3-. The summed E-state index contributed by atoms with van der Waals surface area (Å²) in [7, 11) is 0. The topological polar surface area (TPSA) is 117 Å². The van der Waals surface area contributed by atoms with Crippen LogP contribution in [-0.2, 0) is 4.79 Å². The zero-order chi connectivity index (χ0) is 9.84. The summed E-state index contributed by atoms with van der Waals surface area (Å²) < 4.78 is 0. The number of rotatable bonds is 4. The molecular weight excluding hydrogens is 170 g/mol. The van der Waals surface area contributed by atoms with Gasteiger partial charge in [0.15, 0.2) is 0 Å². The fourth-order valence-corrected chi connectivity index (χ4v) is 0.850. The van der Waals surface area contributed by atoms with Gasteiger partial charge in [0, 0.05) is 12.0 Å². The van der Waals surface area contributed by atoms with Gasteiger partial charge in [0.1, 0.15) is 11.7 Å². The Kier molecular flexibility index (Phi) is 2.86. The molecule has 1 rings (SSSR count). The van der Waals surface area contributed by atoms with Crippen LogP contribution in [0.1, 0.15) is 12.8 Å². The molecule has 1 aliphatic rings. The van der Waals surface area contributed by atoms with Crippen molar-refractivity contribution in [2.24, 2.45) is 17.5 Å². The number of amides is 1. The third kappa shape index (κ3) is 3.12. The molecule has 7 N–H and O–H groups in total. The van der Waals surface area contributed by atoms with Gasteiger partial charge in [-0.1, -0.05) is 0 Å². The first-order valence-electron chi connectivity index (χ1n) is 3.96. The predicted molar refractivity (Wildman–Crippen MR) is 48.2 cm³/mol. The average Bonchev–Trinajstić information content (AvgIpc) is 2.84. The second-order valence-corrected chi connectivity index (χ2v) is 2.92. The molecule has 0 aromatic carbocycles. The van der Waals surface area contributed by atoms with E-state index in [4.69, 9.17) is 17.0 Å². The molecule has 0 aromatic heterocycles. The Morgan fingerprint density at radius 1 is 1.54 bits per heavy atom. The van der Waals surface area contributed by atoms with Crippen LogP contribution in [0, 0.1) is 11.3 Å². The van der Waals surface area contributed by atoms with Crippen molar-refractivity contribution < 1.29 is 4.79 Å². The van der Waals surface area contributed by atoms with Gasteiger partial charge < -0.3 is 16.5 Å². The van der Waals surface area contributed by atoms with Crippen molar-refractivity contribution >= 4 is 11.7 Å². The van der Waals surface area contributed by atoms with Gasteiger partial charge in [-0.3, -0.25) is 10.2 Å². The molecule has 0 spiro atoms. The van der Waals surface area contributed by atoms with E-state index in [1.54, 1.807) is 0 Å². The quantitative estimate of drug-likeness (QED) is 0.162. The van der Waals surface area contributed by atoms with Gasteiger partial charge in [-0.15, -0.1) is 0 Å². The summed E-state index contributed by atoms with van der Waals surface area (Å²) in [5, 5.41) is 9.48. The van der Waals surface area contributed by atoms with Gasteiger partial charge in [0.2, 0.25) is 5.91 Å². The molecule has 1 amide bonds. The van der Waals surface area contributed by atoms with Crippen molar-refractivity contribution in [3.63, 3.8) is 0 Å². The zero-order valence-electron chi connectivity index (χ0n) is 7.13. The van der Waals surface area contributed by atoms with Crippen LogP contribution < -0.4 is 22.3 Å². The number of hydrogen-bond donors (Lipinski definition) is 5. The van der Waals surface area contributed by atoms with Gasteiger partial charge in [0.05, 0.1) is 0 Å². The normalized spacial score (nSPS) is 16.5. The van der Waals surface area contributed by atoms with Crippen LogP contribution in [0.2, 0.25) is 0 Å². The Morgan fingerprint density at radius 2 is 2.15 bits per heavy atom. The lowest BCUT2D eigenvalue weighted by Crippen LogP contribution is -2.37. The van der Waals surface area contributed by atoms with Crippen molar-refractivity contribution in [2.75, 3.05) is 0 Å². The summed E-state index contributed by atoms with van der Waals surface area (Å²) >= 11 is 0. The molecule has 0 radical (unpaired) electrons. The third-order valence-electron chi connectivity index (χ3n) is 1.66. The minimum Gasteiger partial charge on any atom is -0.384 e. The molecule has 0 aromatic rings. The molecule has 1 saturated carbocycles. The number of amidine groups is 1. The van der Waals surface area contributed by atoms with E-state index >= 15 is 0 Å². The van der Waals surface area contributed by atoms with Gasteiger partial charge in [-0.2, -0.15) is 0 Å². The van der Waals surface area contributed by atoms with Crippen LogP contribution >= 0.6 is 0 Å². The van der Waals surface area contributed by atoms with Crippen LogP contribution in [-0.4, -0.2) is 11.7 Å². The Morgan fingerprint density at radius 3 is 2.54 bits per heavy atom. The first-order valence-corrected chi connectivity index (χ1v) is 3.96. The van der Waals surface area contributed by atoms with Gasteiger partial charge in [-0.25, -0.2) is 5.84 Å². The monoisotopic (exact) mass is 183 g/mol. The maximum absolute atomic E-state index is 11.2. The smallest absolute Gasteiger partial charge is 0.228 e. The highest BCUT2D eigenvalue weighted by molar-refractivity contribution is 5.90. The first kappa shape index (κ1) is 9.53. The largest absolute Gasteiger partial charge is 0.384 e. The van der Waals surface area contributed by atoms with E-state index in [1.165, 1.54) is 6.08 Å². The van der Waals surface area contributed by atoms with Gasteiger partial charge in [-0.05, 0) is 12.8 Å². The Hall–Kier alpha value is -1.56. The molecule has 13 heavy (non-hydrogen) atoms. The first-order chi connectivity index (χ1) is 6.13. The molecule has 0 bridgehead atoms. The highest BCUT2D eigenvalue weighted by atomic mass is 16.2. The Labute approximate surface area is 75.8 Å². The highest BCUT2D eigenvalue weighted by Crippen LogP contribution is 2.28. The second kappa shape index (κ2) is 3.90. The van der Waals surface area contributed by atoms with E-state index in [1.807, 2.05) is 0 Å². The number of carbonyl (C=O) groups is 1. The number of nitrogens with one attached hydrogen (secondary N) is 3. The van der Waals surface area contributed by atoms with E-state index in [0.29, 0.717) is 0 Å². The van der Waals surface area contributed by atoms with Crippen molar-refractivity contribution in [3.8, 4) is 0 Å². The lowest BCUT2D eigenvalue weighted by molar-refractivity contribution is -0.121. The summed E-state index contributed by atoms with van der Waals surface area (Å²) in [5.74, 6) is 5.22. The molecule has 6 heteroatoms. The van der Waals surface area contributed by atoms with Gasteiger partial charge in [0.25, 0.3) is 0 Å². The van der Waals surface area contributed by atoms with Crippen LogP contribution in [0.15, 0.2) is 11.9 Å².